The minimum absolute atomic E-state index is 0.0748. The first-order valence-electron chi connectivity index (χ1n) is 10.9. The molecule has 0 fully saturated rings. The topological polar surface area (TPSA) is 86.9 Å². The van der Waals surface area contributed by atoms with Crippen LogP contribution in [0.3, 0.4) is 0 Å². The van der Waals surface area contributed by atoms with Gasteiger partial charge in [0, 0.05) is 31.0 Å². The molecule has 0 aliphatic heterocycles. The predicted octanol–water partition coefficient (Wildman–Crippen LogP) is 4.17. The van der Waals surface area contributed by atoms with Gasteiger partial charge in [-0.05, 0) is 38.0 Å². The maximum atomic E-state index is 12.8. The molecule has 8 heteroatoms. The molecule has 0 aliphatic carbocycles. The van der Waals surface area contributed by atoms with E-state index in [9.17, 15) is 4.79 Å². The lowest BCUT2D eigenvalue weighted by atomic mass is 10.1. The van der Waals surface area contributed by atoms with Crippen molar-refractivity contribution >= 4 is 5.91 Å². The second-order valence-corrected chi connectivity index (χ2v) is 7.84. The average molecular weight is 454 g/mol. The maximum Gasteiger partial charge on any atom is 0.228 e. The van der Waals surface area contributed by atoms with E-state index in [1.54, 1.807) is 33.5 Å². The summed E-state index contributed by atoms with van der Waals surface area (Å²) in [7, 11) is 4.66. The fraction of sp³-hybridized carbons (Fsp3) is 0.400. The number of carbonyl (C=O) groups is 1. The normalized spacial score (nSPS) is 10.8. The Kier molecular flexibility index (Phi) is 8.29. The first kappa shape index (κ1) is 24.1. The molecule has 8 nitrogen and oxygen atoms in total. The Balaban J connectivity index is 1.67. The van der Waals surface area contributed by atoms with Crippen molar-refractivity contribution in [3.8, 4) is 28.6 Å². The average Bonchev–Trinajstić information content (AvgIpc) is 3.31. The SMILES string of the molecule is COc1cc(-c2noc(CCN(C(=O)CCc3ccccc3)C(C)C)n2)cc(OC)c1OC. The molecule has 0 atom stereocenters. The number of carbonyl (C=O) groups excluding carboxylic acids is 1. The van der Waals surface area contributed by atoms with Gasteiger partial charge in [0.2, 0.25) is 23.4 Å². The zero-order valence-electron chi connectivity index (χ0n) is 19.8. The van der Waals surface area contributed by atoms with E-state index < -0.39 is 0 Å². The number of aryl methyl sites for hydroxylation is 1. The summed E-state index contributed by atoms with van der Waals surface area (Å²) in [6.45, 7) is 4.52. The quantitative estimate of drug-likeness (QED) is 0.430. The number of amides is 1. The first-order valence-corrected chi connectivity index (χ1v) is 10.9. The van der Waals surface area contributed by atoms with E-state index in [1.807, 2.05) is 49.1 Å². The molecule has 0 saturated heterocycles. The Morgan fingerprint density at radius 1 is 1.00 bits per heavy atom. The van der Waals surface area contributed by atoms with Crippen LogP contribution in [0.25, 0.3) is 11.4 Å². The number of rotatable bonds is 11. The minimum atomic E-state index is 0.0748. The van der Waals surface area contributed by atoms with Gasteiger partial charge in [-0.3, -0.25) is 4.79 Å². The minimum Gasteiger partial charge on any atom is -0.493 e. The van der Waals surface area contributed by atoms with E-state index in [0.717, 1.165) is 5.56 Å². The maximum absolute atomic E-state index is 12.8. The third-order valence-corrected chi connectivity index (χ3v) is 5.37. The third kappa shape index (κ3) is 6.03. The molecule has 2 aromatic carbocycles. The van der Waals surface area contributed by atoms with Gasteiger partial charge in [-0.15, -0.1) is 0 Å². The summed E-state index contributed by atoms with van der Waals surface area (Å²) in [5.74, 6) is 2.49. The van der Waals surface area contributed by atoms with Crippen molar-refractivity contribution in [2.24, 2.45) is 0 Å². The summed E-state index contributed by atoms with van der Waals surface area (Å²) in [6.07, 6.45) is 1.64. The van der Waals surface area contributed by atoms with Crippen LogP contribution in [-0.2, 0) is 17.6 Å². The zero-order valence-corrected chi connectivity index (χ0v) is 19.8. The van der Waals surface area contributed by atoms with Gasteiger partial charge in [-0.25, -0.2) is 0 Å². The second kappa shape index (κ2) is 11.4. The van der Waals surface area contributed by atoms with Crippen LogP contribution in [0.5, 0.6) is 17.2 Å². The predicted molar refractivity (Wildman–Crippen MR) is 125 cm³/mol. The summed E-state index contributed by atoms with van der Waals surface area (Å²) >= 11 is 0. The molecule has 0 saturated carbocycles. The summed E-state index contributed by atoms with van der Waals surface area (Å²) in [5, 5.41) is 4.09. The Hall–Kier alpha value is -3.55. The van der Waals surface area contributed by atoms with Crippen molar-refractivity contribution < 1.29 is 23.5 Å². The fourth-order valence-corrected chi connectivity index (χ4v) is 3.61. The molecule has 1 aromatic heterocycles. The van der Waals surface area contributed by atoms with Crippen molar-refractivity contribution in [2.75, 3.05) is 27.9 Å². The van der Waals surface area contributed by atoms with Gasteiger partial charge in [-0.2, -0.15) is 4.98 Å². The van der Waals surface area contributed by atoms with Gasteiger partial charge in [0.25, 0.3) is 0 Å². The molecule has 0 unspecified atom stereocenters. The second-order valence-electron chi connectivity index (χ2n) is 7.84. The zero-order chi connectivity index (χ0) is 23.8. The van der Waals surface area contributed by atoms with Gasteiger partial charge in [0.15, 0.2) is 11.5 Å². The van der Waals surface area contributed by atoms with Gasteiger partial charge >= 0.3 is 0 Å². The third-order valence-electron chi connectivity index (χ3n) is 5.37. The molecule has 0 spiro atoms. The summed E-state index contributed by atoms with van der Waals surface area (Å²) < 4.78 is 21.6. The van der Waals surface area contributed by atoms with Crippen LogP contribution >= 0.6 is 0 Å². The van der Waals surface area contributed by atoms with Crippen LogP contribution in [0.1, 0.15) is 31.7 Å². The van der Waals surface area contributed by atoms with Crippen LogP contribution in [-0.4, -0.2) is 54.9 Å². The number of aromatic nitrogens is 2. The standard InChI is InChI=1S/C25H31N3O5/c1-17(2)28(23(29)12-11-18-9-7-6-8-10-18)14-13-22-26-25(27-33-22)19-15-20(30-3)24(32-5)21(16-19)31-4/h6-10,15-17H,11-14H2,1-5H3. The van der Waals surface area contributed by atoms with Crippen molar-refractivity contribution in [3.63, 3.8) is 0 Å². The highest BCUT2D eigenvalue weighted by molar-refractivity contribution is 5.76. The number of benzene rings is 2. The van der Waals surface area contributed by atoms with Gasteiger partial charge < -0.3 is 23.6 Å². The van der Waals surface area contributed by atoms with Crippen molar-refractivity contribution in [1.29, 1.82) is 0 Å². The molecular weight excluding hydrogens is 422 g/mol. The van der Waals surface area contributed by atoms with E-state index in [4.69, 9.17) is 18.7 Å². The van der Waals surface area contributed by atoms with Crippen molar-refractivity contribution in [1.82, 2.24) is 15.0 Å². The molecule has 176 valence electrons. The summed E-state index contributed by atoms with van der Waals surface area (Å²) in [5.41, 5.74) is 1.83. The lowest BCUT2D eigenvalue weighted by Crippen LogP contribution is -2.38. The molecule has 0 aliphatic rings. The highest BCUT2D eigenvalue weighted by Gasteiger charge is 2.20. The van der Waals surface area contributed by atoms with E-state index >= 15 is 0 Å². The summed E-state index contributed by atoms with van der Waals surface area (Å²) in [6, 6.07) is 13.6. The number of hydrogen-bond donors (Lipinski definition) is 0. The number of nitrogens with zero attached hydrogens (tertiary/aromatic N) is 3. The Labute approximate surface area is 194 Å². The lowest BCUT2D eigenvalue weighted by molar-refractivity contribution is -0.132. The smallest absolute Gasteiger partial charge is 0.228 e. The molecule has 3 rings (SSSR count). The number of hydrogen-bond acceptors (Lipinski definition) is 7. The molecular formula is C25H31N3O5. The van der Waals surface area contributed by atoms with Gasteiger partial charge in [-0.1, -0.05) is 35.5 Å². The Bertz CT molecular complexity index is 1020. The summed E-state index contributed by atoms with van der Waals surface area (Å²) in [4.78, 5) is 19.2. The number of ether oxygens (including phenoxy) is 3. The molecule has 0 N–H and O–H groups in total. The van der Waals surface area contributed by atoms with E-state index in [-0.39, 0.29) is 11.9 Å². The van der Waals surface area contributed by atoms with Gasteiger partial charge in [0.05, 0.1) is 21.3 Å². The molecule has 0 bridgehead atoms. The molecule has 33 heavy (non-hydrogen) atoms. The lowest BCUT2D eigenvalue weighted by Gasteiger charge is -2.26. The monoisotopic (exact) mass is 453 g/mol. The van der Waals surface area contributed by atoms with E-state index in [2.05, 4.69) is 10.1 Å². The number of methoxy groups -OCH3 is 3. The van der Waals surface area contributed by atoms with Crippen LogP contribution < -0.4 is 14.2 Å². The molecule has 1 amide bonds. The van der Waals surface area contributed by atoms with Crippen molar-refractivity contribution in [3.05, 3.63) is 53.9 Å². The molecule has 1 heterocycles. The highest BCUT2D eigenvalue weighted by Crippen LogP contribution is 2.40. The largest absolute Gasteiger partial charge is 0.493 e. The van der Waals surface area contributed by atoms with Crippen LogP contribution in [0, 0.1) is 0 Å². The van der Waals surface area contributed by atoms with E-state index in [1.165, 1.54) is 0 Å². The van der Waals surface area contributed by atoms with E-state index in [0.29, 0.717) is 60.3 Å². The van der Waals surface area contributed by atoms with Crippen LogP contribution in [0.4, 0.5) is 0 Å². The molecule has 0 radical (unpaired) electrons. The first-order chi connectivity index (χ1) is 16.0. The highest BCUT2D eigenvalue weighted by atomic mass is 16.5. The van der Waals surface area contributed by atoms with Crippen LogP contribution in [0.2, 0.25) is 0 Å². The molecule has 3 aromatic rings. The Morgan fingerprint density at radius 3 is 2.24 bits per heavy atom. The Morgan fingerprint density at radius 2 is 1.67 bits per heavy atom. The van der Waals surface area contributed by atoms with Gasteiger partial charge in [0.1, 0.15) is 0 Å². The van der Waals surface area contributed by atoms with Crippen LogP contribution in [0.15, 0.2) is 47.0 Å². The van der Waals surface area contributed by atoms with Crippen molar-refractivity contribution in [2.45, 2.75) is 39.2 Å². The fourth-order valence-electron chi connectivity index (χ4n) is 3.61.